The maximum Gasteiger partial charge on any atom is 0.122 e. The van der Waals surface area contributed by atoms with E-state index in [4.69, 9.17) is 14.2 Å². The molecular weight excluding hydrogens is 266 g/mol. The van der Waals surface area contributed by atoms with Gasteiger partial charge in [-0.2, -0.15) is 0 Å². The zero-order valence-corrected chi connectivity index (χ0v) is 12.7. The maximum atomic E-state index is 5.28. The van der Waals surface area contributed by atoms with Crippen molar-refractivity contribution < 1.29 is 14.2 Å². The van der Waals surface area contributed by atoms with Crippen LogP contribution in [0.2, 0.25) is 0 Å². The summed E-state index contributed by atoms with van der Waals surface area (Å²) in [6, 6.07) is 14.0. The van der Waals surface area contributed by atoms with E-state index >= 15 is 0 Å². The molecule has 0 aliphatic rings. The molecular formula is C17H21NO3. The smallest absolute Gasteiger partial charge is 0.122 e. The zero-order chi connectivity index (χ0) is 15.1. The van der Waals surface area contributed by atoms with Crippen molar-refractivity contribution in [2.24, 2.45) is 0 Å². The van der Waals surface area contributed by atoms with Gasteiger partial charge < -0.3 is 19.5 Å². The van der Waals surface area contributed by atoms with Crippen LogP contribution in [0.25, 0.3) is 0 Å². The van der Waals surface area contributed by atoms with Crippen molar-refractivity contribution in [1.82, 2.24) is 0 Å². The molecule has 0 saturated carbocycles. The van der Waals surface area contributed by atoms with Crippen molar-refractivity contribution in [2.75, 3.05) is 26.6 Å². The molecule has 1 N–H and O–H groups in total. The summed E-state index contributed by atoms with van der Waals surface area (Å²) in [5.41, 5.74) is 3.31. The number of benzene rings is 2. The van der Waals surface area contributed by atoms with Crippen LogP contribution in [-0.4, -0.2) is 21.3 Å². The van der Waals surface area contributed by atoms with E-state index in [0.29, 0.717) is 13.2 Å². The van der Waals surface area contributed by atoms with Gasteiger partial charge in [0.25, 0.3) is 0 Å². The summed E-state index contributed by atoms with van der Waals surface area (Å²) >= 11 is 0. The standard InChI is InChI=1S/C17H21NO3/c1-19-12-13-5-4-6-15(7-13)18-11-14-8-16(20-2)10-17(9-14)21-3/h4-10,18H,11-12H2,1-3H3. The van der Waals surface area contributed by atoms with Gasteiger partial charge in [0.1, 0.15) is 11.5 Å². The van der Waals surface area contributed by atoms with Crippen LogP contribution >= 0.6 is 0 Å². The molecule has 0 heterocycles. The molecule has 0 spiro atoms. The second-order valence-electron chi connectivity index (χ2n) is 4.71. The molecule has 2 rings (SSSR count). The lowest BCUT2D eigenvalue weighted by molar-refractivity contribution is 0.185. The SMILES string of the molecule is COCc1cccc(NCc2cc(OC)cc(OC)c2)c1. The first-order chi connectivity index (χ1) is 10.2. The Hall–Kier alpha value is -2.20. The molecule has 0 aliphatic heterocycles. The quantitative estimate of drug-likeness (QED) is 0.846. The molecule has 0 bridgehead atoms. The molecule has 0 fully saturated rings. The summed E-state index contributed by atoms with van der Waals surface area (Å²) in [4.78, 5) is 0. The number of nitrogens with one attached hydrogen (secondary N) is 1. The third-order valence-corrected chi connectivity index (χ3v) is 3.15. The largest absolute Gasteiger partial charge is 0.497 e. The summed E-state index contributed by atoms with van der Waals surface area (Å²) in [5.74, 6) is 1.58. The van der Waals surface area contributed by atoms with Gasteiger partial charge in [0.2, 0.25) is 0 Å². The van der Waals surface area contributed by atoms with E-state index in [-0.39, 0.29) is 0 Å². The minimum absolute atomic E-state index is 0.614. The monoisotopic (exact) mass is 287 g/mol. The second-order valence-corrected chi connectivity index (χ2v) is 4.71. The second kappa shape index (κ2) is 7.55. The topological polar surface area (TPSA) is 39.7 Å². The first-order valence-corrected chi connectivity index (χ1v) is 6.79. The van der Waals surface area contributed by atoms with E-state index in [1.54, 1.807) is 21.3 Å². The van der Waals surface area contributed by atoms with E-state index in [2.05, 4.69) is 11.4 Å². The molecule has 0 aromatic heterocycles. The summed E-state index contributed by atoms with van der Waals surface area (Å²) < 4.78 is 15.7. The van der Waals surface area contributed by atoms with E-state index in [9.17, 15) is 0 Å². The first-order valence-electron chi connectivity index (χ1n) is 6.79. The van der Waals surface area contributed by atoms with Crippen LogP contribution in [0.3, 0.4) is 0 Å². The molecule has 0 aliphatic carbocycles. The third-order valence-electron chi connectivity index (χ3n) is 3.15. The Morgan fingerprint density at radius 3 is 2.19 bits per heavy atom. The van der Waals surface area contributed by atoms with E-state index in [0.717, 1.165) is 28.3 Å². The van der Waals surface area contributed by atoms with E-state index in [1.165, 1.54) is 0 Å². The van der Waals surface area contributed by atoms with Gasteiger partial charge >= 0.3 is 0 Å². The summed E-state index contributed by atoms with van der Waals surface area (Å²) in [6.45, 7) is 1.31. The predicted octanol–water partition coefficient (Wildman–Crippen LogP) is 3.46. The van der Waals surface area contributed by atoms with Crippen molar-refractivity contribution in [3.63, 3.8) is 0 Å². The molecule has 0 saturated heterocycles. The number of rotatable bonds is 7. The highest BCUT2D eigenvalue weighted by molar-refractivity contribution is 5.47. The number of ether oxygens (including phenoxy) is 3. The van der Waals surface area contributed by atoms with Crippen LogP contribution in [-0.2, 0) is 17.9 Å². The van der Waals surface area contributed by atoms with Gasteiger partial charge in [-0.15, -0.1) is 0 Å². The maximum absolute atomic E-state index is 5.28. The van der Waals surface area contributed by atoms with Gasteiger partial charge in [-0.25, -0.2) is 0 Å². The normalized spacial score (nSPS) is 10.2. The highest BCUT2D eigenvalue weighted by atomic mass is 16.5. The van der Waals surface area contributed by atoms with Crippen molar-refractivity contribution in [3.05, 3.63) is 53.6 Å². The Morgan fingerprint density at radius 1 is 0.857 bits per heavy atom. The lowest BCUT2D eigenvalue weighted by Crippen LogP contribution is -2.01. The lowest BCUT2D eigenvalue weighted by Gasteiger charge is -2.11. The third kappa shape index (κ3) is 4.39. The van der Waals surface area contributed by atoms with Crippen molar-refractivity contribution in [2.45, 2.75) is 13.2 Å². The molecule has 0 radical (unpaired) electrons. The molecule has 4 nitrogen and oxygen atoms in total. The van der Waals surface area contributed by atoms with Crippen molar-refractivity contribution in [3.8, 4) is 11.5 Å². The van der Waals surface area contributed by atoms with Gasteiger partial charge in [0.15, 0.2) is 0 Å². The van der Waals surface area contributed by atoms with Crippen LogP contribution in [0, 0.1) is 0 Å². The van der Waals surface area contributed by atoms with Gasteiger partial charge in [0.05, 0.1) is 20.8 Å². The Morgan fingerprint density at radius 2 is 1.57 bits per heavy atom. The molecule has 0 atom stereocenters. The number of methoxy groups -OCH3 is 3. The summed E-state index contributed by atoms with van der Waals surface area (Å²) in [7, 11) is 5.00. The molecule has 0 unspecified atom stereocenters. The predicted molar refractivity (Wildman–Crippen MR) is 84.0 cm³/mol. The molecule has 2 aromatic carbocycles. The fraction of sp³-hybridized carbons (Fsp3) is 0.294. The number of hydrogen-bond acceptors (Lipinski definition) is 4. The molecule has 0 amide bonds. The van der Waals surface area contributed by atoms with Crippen LogP contribution in [0.15, 0.2) is 42.5 Å². The van der Waals surface area contributed by atoms with Crippen LogP contribution in [0.5, 0.6) is 11.5 Å². The fourth-order valence-corrected chi connectivity index (χ4v) is 2.11. The van der Waals surface area contributed by atoms with Gasteiger partial charge in [-0.3, -0.25) is 0 Å². The van der Waals surface area contributed by atoms with Gasteiger partial charge in [-0.1, -0.05) is 12.1 Å². The summed E-state index contributed by atoms with van der Waals surface area (Å²) in [5, 5.41) is 3.40. The first kappa shape index (κ1) is 15.2. The van der Waals surface area contributed by atoms with Crippen LogP contribution in [0.1, 0.15) is 11.1 Å². The molecule has 2 aromatic rings. The minimum atomic E-state index is 0.614. The highest BCUT2D eigenvalue weighted by Crippen LogP contribution is 2.23. The zero-order valence-electron chi connectivity index (χ0n) is 12.7. The van der Waals surface area contributed by atoms with Gasteiger partial charge in [0, 0.05) is 25.4 Å². The Bertz CT molecular complexity index is 562. The number of hydrogen-bond donors (Lipinski definition) is 1. The highest BCUT2D eigenvalue weighted by Gasteiger charge is 2.02. The number of anilines is 1. The van der Waals surface area contributed by atoms with E-state index in [1.807, 2.05) is 36.4 Å². The Labute approximate surface area is 125 Å². The lowest BCUT2D eigenvalue weighted by atomic mass is 10.1. The van der Waals surface area contributed by atoms with Crippen LogP contribution in [0.4, 0.5) is 5.69 Å². The Kier molecular flexibility index (Phi) is 5.46. The van der Waals surface area contributed by atoms with E-state index < -0.39 is 0 Å². The van der Waals surface area contributed by atoms with Crippen LogP contribution < -0.4 is 14.8 Å². The summed E-state index contributed by atoms with van der Waals surface area (Å²) in [6.07, 6.45) is 0. The fourth-order valence-electron chi connectivity index (χ4n) is 2.11. The average molecular weight is 287 g/mol. The minimum Gasteiger partial charge on any atom is -0.497 e. The Balaban J connectivity index is 2.07. The van der Waals surface area contributed by atoms with Gasteiger partial charge in [-0.05, 0) is 35.4 Å². The molecule has 112 valence electrons. The molecule has 21 heavy (non-hydrogen) atoms. The van der Waals surface area contributed by atoms with Crippen molar-refractivity contribution >= 4 is 5.69 Å². The molecule has 4 heteroatoms. The average Bonchev–Trinajstić information content (AvgIpc) is 2.53. The van der Waals surface area contributed by atoms with Crippen molar-refractivity contribution in [1.29, 1.82) is 0 Å².